The Morgan fingerprint density at radius 3 is 2.89 bits per heavy atom. The number of nitrogens with zero attached hydrogens (tertiary/aromatic N) is 2. The highest BCUT2D eigenvalue weighted by Crippen LogP contribution is 2.20. The van der Waals surface area contributed by atoms with Crippen molar-refractivity contribution in [2.45, 2.75) is 0 Å². The number of aromatic nitrogens is 2. The first-order valence-corrected chi connectivity index (χ1v) is 5.29. The molecule has 1 aromatic carbocycles. The van der Waals surface area contributed by atoms with Crippen molar-refractivity contribution in [1.29, 1.82) is 0 Å². The number of pyridine rings is 2. The van der Waals surface area contributed by atoms with Crippen LogP contribution in [0.4, 0.5) is 4.79 Å². The molecule has 87 valence electrons. The quantitative estimate of drug-likeness (QED) is 0.599. The molecular formula is C13H8N3O2. The predicted molar refractivity (Wildman–Crippen MR) is 67.3 cm³/mol. The highest BCUT2D eigenvalue weighted by molar-refractivity contribution is 6.06. The van der Waals surface area contributed by atoms with Gasteiger partial charge in [-0.2, -0.15) is 0 Å². The van der Waals surface area contributed by atoms with Gasteiger partial charge in [-0.25, -0.2) is 14.3 Å². The third kappa shape index (κ3) is 1.31. The SMILES string of the molecule is NC(=O)n1c(=O)c2cc[c]cc2c2cccnc21. The van der Waals surface area contributed by atoms with Crippen LogP contribution in [0.3, 0.4) is 0 Å². The van der Waals surface area contributed by atoms with E-state index in [1.165, 1.54) is 6.20 Å². The monoisotopic (exact) mass is 238 g/mol. The van der Waals surface area contributed by atoms with Crippen molar-refractivity contribution in [1.82, 2.24) is 9.55 Å². The van der Waals surface area contributed by atoms with Gasteiger partial charge in [0, 0.05) is 17.0 Å². The predicted octanol–water partition coefficient (Wildman–Crippen LogP) is 1.28. The van der Waals surface area contributed by atoms with Crippen molar-refractivity contribution in [3.05, 3.63) is 52.9 Å². The van der Waals surface area contributed by atoms with Gasteiger partial charge < -0.3 is 5.73 Å². The van der Waals surface area contributed by atoms with Crippen molar-refractivity contribution >= 4 is 27.8 Å². The lowest BCUT2D eigenvalue weighted by Crippen LogP contribution is -2.32. The van der Waals surface area contributed by atoms with Crippen LogP contribution in [0.5, 0.6) is 0 Å². The summed E-state index contributed by atoms with van der Waals surface area (Å²) in [7, 11) is 0. The molecule has 0 aliphatic heterocycles. The van der Waals surface area contributed by atoms with E-state index in [4.69, 9.17) is 5.73 Å². The zero-order valence-electron chi connectivity index (χ0n) is 9.25. The average Bonchev–Trinajstić information content (AvgIpc) is 2.39. The number of amides is 1. The van der Waals surface area contributed by atoms with Crippen molar-refractivity contribution in [2.24, 2.45) is 5.73 Å². The molecule has 3 rings (SSSR count). The van der Waals surface area contributed by atoms with Gasteiger partial charge in [-0.1, -0.05) is 6.07 Å². The van der Waals surface area contributed by atoms with Crippen molar-refractivity contribution in [3.63, 3.8) is 0 Å². The summed E-state index contributed by atoms with van der Waals surface area (Å²) >= 11 is 0. The maximum atomic E-state index is 12.2. The van der Waals surface area contributed by atoms with Gasteiger partial charge >= 0.3 is 6.03 Å². The standard InChI is InChI=1S/C13H8N3O2/c14-13(18)16-11-9(6-3-7-15-11)8-4-1-2-5-10(8)12(16)17/h2-7H,(H2,14,18). The minimum Gasteiger partial charge on any atom is -0.351 e. The second kappa shape index (κ2) is 3.66. The van der Waals surface area contributed by atoms with E-state index in [0.29, 0.717) is 16.2 Å². The molecule has 5 heteroatoms. The zero-order chi connectivity index (χ0) is 12.7. The van der Waals surface area contributed by atoms with Gasteiger partial charge in [-0.05, 0) is 35.7 Å². The Bertz CT molecular complexity index is 836. The van der Waals surface area contributed by atoms with Crippen molar-refractivity contribution in [2.75, 3.05) is 0 Å². The van der Waals surface area contributed by atoms with Gasteiger partial charge in [0.2, 0.25) is 0 Å². The Morgan fingerprint density at radius 1 is 1.28 bits per heavy atom. The van der Waals surface area contributed by atoms with E-state index in [9.17, 15) is 9.59 Å². The molecule has 2 heterocycles. The number of rotatable bonds is 0. The second-order valence-corrected chi connectivity index (χ2v) is 3.83. The molecule has 0 bridgehead atoms. The second-order valence-electron chi connectivity index (χ2n) is 3.83. The van der Waals surface area contributed by atoms with E-state index in [0.717, 1.165) is 4.57 Å². The minimum absolute atomic E-state index is 0.266. The molecule has 18 heavy (non-hydrogen) atoms. The molecule has 0 saturated heterocycles. The molecule has 1 amide bonds. The summed E-state index contributed by atoms with van der Waals surface area (Å²) in [5.41, 5.74) is 5.05. The Hall–Kier alpha value is -2.69. The van der Waals surface area contributed by atoms with Crippen LogP contribution in [-0.2, 0) is 0 Å². The Labute approximate surface area is 101 Å². The lowest BCUT2D eigenvalue weighted by Gasteiger charge is -2.08. The summed E-state index contributed by atoms with van der Waals surface area (Å²) in [6, 6.07) is 10.5. The van der Waals surface area contributed by atoms with E-state index < -0.39 is 11.6 Å². The molecule has 3 aromatic rings. The van der Waals surface area contributed by atoms with E-state index >= 15 is 0 Å². The molecule has 0 unspecified atom stereocenters. The maximum absolute atomic E-state index is 12.2. The molecular weight excluding hydrogens is 230 g/mol. The Morgan fingerprint density at radius 2 is 2.11 bits per heavy atom. The number of hydrogen-bond donors (Lipinski definition) is 1. The minimum atomic E-state index is -0.835. The maximum Gasteiger partial charge on any atom is 0.327 e. The third-order valence-corrected chi connectivity index (χ3v) is 2.81. The first-order valence-electron chi connectivity index (χ1n) is 5.29. The highest BCUT2D eigenvalue weighted by Gasteiger charge is 2.13. The Kier molecular flexibility index (Phi) is 2.13. The lowest BCUT2D eigenvalue weighted by atomic mass is 10.1. The molecule has 0 atom stereocenters. The summed E-state index contributed by atoms with van der Waals surface area (Å²) in [6.45, 7) is 0. The average molecular weight is 238 g/mol. The number of fused-ring (bicyclic) bond motifs is 3. The number of carbonyl (C=O) groups is 1. The largest absolute Gasteiger partial charge is 0.351 e. The molecule has 1 radical (unpaired) electrons. The van der Waals surface area contributed by atoms with E-state index in [1.54, 1.807) is 30.3 Å². The van der Waals surface area contributed by atoms with Gasteiger partial charge in [-0.15, -0.1) is 0 Å². The fourth-order valence-electron chi connectivity index (χ4n) is 2.05. The summed E-state index contributed by atoms with van der Waals surface area (Å²) in [4.78, 5) is 27.7. The van der Waals surface area contributed by atoms with Gasteiger partial charge in [0.1, 0.15) is 0 Å². The van der Waals surface area contributed by atoms with Gasteiger partial charge in [0.15, 0.2) is 5.65 Å². The normalized spacial score (nSPS) is 10.9. The molecule has 2 aromatic heterocycles. The number of carbonyl (C=O) groups excluding carboxylic acids is 1. The van der Waals surface area contributed by atoms with Crippen LogP contribution in [0.25, 0.3) is 21.8 Å². The smallest absolute Gasteiger partial charge is 0.327 e. The van der Waals surface area contributed by atoms with Gasteiger partial charge in [-0.3, -0.25) is 4.79 Å². The van der Waals surface area contributed by atoms with E-state index in [2.05, 4.69) is 11.1 Å². The highest BCUT2D eigenvalue weighted by atomic mass is 16.2. The zero-order valence-corrected chi connectivity index (χ0v) is 9.25. The van der Waals surface area contributed by atoms with Crippen molar-refractivity contribution < 1.29 is 4.79 Å². The topological polar surface area (TPSA) is 78.0 Å². The van der Waals surface area contributed by atoms with Crippen LogP contribution in [-0.4, -0.2) is 15.6 Å². The summed E-state index contributed by atoms with van der Waals surface area (Å²) in [5.74, 6) is 0. The fraction of sp³-hybridized carbons (Fsp3) is 0. The van der Waals surface area contributed by atoms with Gasteiger partial charge in [0.05, 0.1) is 0 Å². The van der Waals surface area contributed by atoms with E-state index in [1.807, 2.05) is 0 Å². The number of hydrogen-bond acceptors (Lipinski definition) is 3. The fourth-order valence-corrected chi connectivity index (χ4v) is 2.05. The number of nitrogens with two attached hydrogens (primary N) is 1. The summed E-state index contributed by atoms with van der Waals surface area (Å²) < 4.78 is 0.887. The van der Waals surface area contributed by atoms with Crippen LogP contribution in [0.1, 0.15) is 0 Å². The van der Waals surface area contributed by atoms with Crippen LogP contribution < -0.4 is 11.3 Å². The summed E-state index contributed by atoms with van der Waals surface area (Å²) in [6.07, 6.45) is 1.51. The first-order chi connectivity index (χ1) is 8.70. The molecule has 0 spiro atoms. The lowest BCUT2D eigenvalue weighted by molar-refractivity contribution is 0.250. The van der Waals surface area contributed by atoms with E-state index in [-0.39, 0.29) is 5.65 Å². The van der Waals surface area contributed by atoms with Crippen LogP contribution in [0, 0.1) is 6.07 Å². The number of benzene rings is 1. The van der Waals surface area contributed by atoms with Crippen LogP contribution in [0.2, 0.25) is 0 Å². The van der Waals surface area contributed by atoms with Crippen LogP contribution in [0.15, 0.2) is 41.3 Å². The molecule has 5 nitrogen and oxygen atoms in total. The number of primary amides is 1. The molecule has 0 fully saturated rings. The molecule has 0 saturated carbocycles. The first kappa shape index (κ1) is 10.5. The molecule has 0 aliphatic rings. The molecule has 0 aliphatic carbocycles. The summed E-state index contributed by atoms with van der Waals surface area (Å²) in [5, 5.41) is 1.83. The molecule has 2 N–H and O–H groups in total. The van der Waals surface area contributed by atoms with Crippen LogP contribution >= 0.6 is 0 Å². The Balaban J connectivity index is 2.71. The van der Waals surface area contributed by atoms with Gasteiger partial charge in [0.25, 0.3) is 5.56 Å². The third-order valence-electron chi connectivity index (χ3n) is 2.81. The van der Waals surface area contributed by atoms with Crippen molar-refractivity contribution in [3.8, 4) is 0 Å².